The number of thiazole rings is 1. The second-order valence-electron chi connectivity index (χ2n) is 9.64. The van der Waals surface area contributed by atoms with Crippen molar-refractivity contribution < 1.29 is 23.7 Å². The first-order chi connectivity index (χ1) is 21.1. The fourth-order valence-corrected chi connectivity index (χ4v) is 6.71. The van der Waals surface area contributed by atoms with Gasteiger partial charge in [0.25, 0.3) is 5.56 Å². The summed E-state index contributed by atoms with van der Waals surface area (Å²) < 4.78 is 25.0. The van der Waals surface area contributed by atoms with Crippen LogP contribution in [0.1, 0.15) is 36.6 Å². The Hall–Kier alpha value is -3.57. The van der Waals surface area contributed by atoms with Crippen LogP contribution in [0.5, 0.6) is 17.2 Å². The lowest BCUT2D eigenvalue weighted by Gasteiger charge is -2.26. The lowest BCUT2D eigenvalue weighted by Crippen LogP contribution is -2.40. The van der Waals surface area contributed by atoms with E-state index in [1.54, 1.807) is 44.2 Å². The van der Waals surface area contributed by atoms with E-state index in [0.717, 1.165) is 11.1 Å². The minimum atomic E-state index is -0.831. The second-order valence-corrected chi connectivity index (χ2v) is 12.3. The predicted molar refractivity (Wildman–Crippen MR) is 175 cm³/mol. The molecular formula is C32H27BrCl2N2O6S. The van der Waals surface area contributed by atoms with Gasteiger partial charge in [-0.3, -0.25) is 9.36 Å². The summed E-state index contributed by atoms with van der Waals surface area (Å²) >= 11 is 17.0. The van der Waals surface area contributed by atoms with E-state index in [0.29, 0.717) is 59.0 Å². The standard InChI is InChI=1S/C32H27BrCl2N2O6S/c1-5-42-31(39)28-17(2)36-32-37(29(28)21-14-25(40-3)26(41-4)15-22(21)33)30(38)27(44-32)13-18-7-6-8-20(11-18)43-16-19-9-10-23(34)24(35)12-19/h6-15,29H,5,16H2,1-4H3/b27-13+/t29-/m1/s1. The van der Waals surface area contributed by atoms with Crippen LogP contribution in [0.3, 0.4) is 0 Å². The van der Waals surface area contributed by atoms with Crippen LogP contribution >= 0.6 is 50.5 Å². The van der Waals surface area contributed by atoms with Gasteiger partial charge >= 0.3 is 5.97 Å². The van der Waals surface area contributed by atoms with Gasteiger partial charge in [0.1, 0.15) is 12.4 Å². The molecule has 0 saturated heterocycles. The molecule has 0 unspecified atom stereocenters. The van der Waals surface area contributed by atoms with Gasteiger partial charge < -0.3 is 18.9 Å². The van der Waals surface area contributed by atoms with Crippen molar-refractivity contribution in [2.24, 2.45) is 4.99 Å². The SMILES string of the molecule is CCOC(=O)C1=C(C)N=c2s/c(=C/c3cccc(OCc4ccc(Cl)c(Cl)c4)c3)c(=O)n2[C@@H]1c1cc(OC)c(OC)cc1Br. The zero-order valence-corrected chi connectivity index (χ0v) is 28.1. The molecule has 0 saturated carbocycles. The quantitative estimate of drug-likeness (QED) is 0.185. The lowest BCUT2D eigenvalue weighted by atomic mass is 9.95. The molecule has 8 nitrogen and oxygen atoms in total. The average Bonchev–Trinajstić information content (AvgIpc) is 3.30. The fourth-order valence-electron chi connectivity index (χ4n) is 4.81. The molecule has 12 heteroatoms. The molecule has 0 fully saturated rings. The summed E-state index contributed by atoms with van der Waals surface area (Å²) in [7, 11) is 3.06. The van der Waals surface area contributed by atoms with E-state index in [1.807, 2.05) is 30.3 Å². The highest BCUT2D eigenvalue weighted by molar-refractivity contribution is 9.10. The van der Waals surface area contributed by atoms with Gasteiger partial charge in [-0.25, -0.2) is 9.79 Å². The Morgan fingerprint density at radius 2 is 1.82 bits per heavy atom. The van der Waals surface area contributed by atoms with E-state index in [1.165, 1.54) is 30.1 Å². The smallest absolute Gasteiger partial charge is 0.338 e. The number of halogens is 3. The Kier molecular flexibility index (Phi) is 9.84. The predicted octanol–water partition coefficient (Wildman–Crippen LogP) is 6.46. The summed E-state index contributed by atoms with van der Waals surface area (Å²) in [5.41, 5.74) is 2.65. The number of hydrogen-bond donors (Lipinski definition) is 0. The molecule has 0 radical (unpaired) electrons. The van der Waals surface area contributed by atoms with E-state index < -0.39 is 12.0 Å². The number of rotatable bonds is 9. The molecule has 2 heterocycles. The zero-order valence-electron chi connectivity index (χ0n) is 24.2. The topological polar surface area (TPSA) is 88.4 Å². The van der Waals surface area contributed by atoms with Crippen LogP contribution < -0.4 is 29.1 Å². The molecule has 3 aromatic carbocycles. The summed E-state index contributed by atoms with van der Waals surface area (Å²) in [4.78, 5) is 32.4. The number of carbonyl (C=O) groups excluding carboxylic acids is 1. The molecule has 1 aliphatic rings. The zero-order chi connectivity index (χ0) is 31.5. The number of aromatic nitrogens is 1. The molecule has 0 spiro atoms. The fraction of sp³-hybridized carbons (Fsp3) is 0.219. The van der Waals surface area contributed by atoms with Gasteiger partial charge in [0, 0.05) is 4.47 Å². The van der Waals surface area contributed by atoms with Crippen LogP contribution in [-0.4, -0.2) is 31.4 Å². The van der Waals surface area contributed by atoms with Gasteiger partial charge in [-0.2, -0.15) is 0 Å². The van der Waals surface area contributed by atoms with Gasteiger partial charge in [-0.15, -0.1) is 0 Å². The van der Waals surface area contributed by atoms with Crippen molar-refractivity contribution in [3.8, 4) is 17.2 Å². The molecule has 0 amide bonds. The summed E-state index contributed by atoms with van der Waals surface area (Å²) in [6, 6.07) is 15.4. The van der Waals surface area contributed by atoms with Crippen LogP contribution in [0, 0.1) is 0 Å². The van der Waals surface area contributed by atoms with Gasteiger partial charge in [0.05, 0.1) is 52.7 Å². The minimum absolute atomic E-state index is 0.170. The van der Waals surface area contributed by atoms with Crippen molar-refractivity contribution in [1.82, 2.24) is 4.57 Å². The van der Waals surface area contributed by atoms with E-state index in [-0.39, 0.29) is 17.7 Å². The normalized spacial score (nSPS) is 14.6. The molecule has 1 aliphatic heterocycles. The highest BCUT2D eigenvalue weighted by atomic mass is 79.9. The van der Waals surface area contributed by atoms with Gasteiger partial charge in [-0.1, -0.05) is 68.7 Å². The van der Waals surface area contributed by atoms with Gasteiger partial charge in [-0.05, 0) is 73.0 Å². The summed E-state index contributed by atoms with van der Waals surface area (Å²) in [5, 5.41) is 0.931. The van der Waals surface area contributed by atoms with Crippen LogP contribution in [0.15, 0.2) is 80.1 Å². The van der Waals surface area contributed by atoms with Crippen molar-refractivity contribution in [1.29, 1.82) is 0 Å². The molecule has 5 rings (SSSR count). The van der Waals surface area contributed by atoms with E-state index in [4.69, 9.17) is 42.1 Å². The summed E-state index contributed by atoms with van der Waals surface area (Å²) in [6.07, 6.45) is 1.78. The average molecular weight is 718 g/mol. The maximum atomic E-state index is 14.1. The largest absolute Gasteiger partial charge is 0.493 e. The number of nitrogens with zero attached hydrogens (tertiary/aromatic N) is 2. The Bertz CT molecular complexity index is 1970. The molecule has 0 aliphatic carbocycles. The number of ether oxygens (including phenoxy) is 4. The maximum Gasteiger partial charge on any atom is 0.338 e. The Balaban J connectivity index is 1.58. The third-order valence-electron chi connectivity index (χ3n) is 6.86. The Morgan fingerprint density at radius 1 is 1.07 bits per heavy atom. The number of fused-ring (bicyclic) bond motifs is 1. The number of allylic oxidation sites excluding steroid dienone is 1. The van der Waals surface area contributed by atoms with E-state index in [9.17, 15) is 9.59 Å². The number of carbonyl (C=O) groups is 1. The lowest BCUT2D eigenvalue weighted by molar-refractivity contribution is -0.139. The molecule has 228 valence electrons. The monoisotopic (exact) mass is 716 g/mol. The van der Waals surface area contributed by atoms with Crippen molar-refractivity contribution in [2.75, 3.05) is 20.8 Å². The molecule has 0 N–H and O–H groups in total. The van der Waals surface area contributed by atoms with E-state index >= 15 is 0 Å². The van der Waals surface area contributed by atoms with Crippen LogP contribution in [0.25, 0.3) is 6.08 Å². The first kappa shape index (κ1) is 31.8. The van der Waals surface area contributed by atoms with Crippen molar-refractivity contribution in [2.45, 2.75) is 26.5 Å². The van der Waals surface area contributed by atoms with Crippen molar-refractivity contribution in [3.63, 3.8) is 0 Å². The van der Waals surface area contributed by atoms with Gasteiger partial charge in [0.15, 0.2) is 16.3 Å². The Labute approximate surface area is 275 Å². The van der Waals surface area contributed by atoms with Crippen LogP contribution in [-0.2, 0) is 16.1 Å². The number of hydrogen-bond acceptors (Lipinski definition) is 8. The third-order valence-corrected chi connectivity index (χ3v) is 9.27. The van der Waals surface area contributed by atoms with Crippen molar-refractivity contribution >= 4 is 62.5 Å². The summed E-state index contributed by atoms with van der Waals surface area (Å²) in [5.74, 6) is 1.00. The first-order valence-corrected chi connectivity index (χ1v) is 15.8. The highest BCUT2D eigenvalue weighted by Gasteiger charge is 2.35. The highest BCUT2D eigenvalue weighted by Crippen LogP contribution is 2.40. The first-order valence-electron chi connectivity index (χ1n) is 13.4. The molecule has 1 aromatic heterocycles. The van der Waals surface area contributed by atoms with Crippen LogP contribution in [0.4, 0.5) is 0 Å². The van der Waals surface area contributed by atoms with Gasteiger partial charge in [0.2, 0.25) is 0 Å². The number of benzene rings is 3. The van der Waals surface area contributed by atoms with E-state index in [2.05, 4.69) is 20.9 Å². The Morgan fingerprint density at radius 3 is 2.52 bits per heavy atom. The second kappa shape index (κ2) is 13.6. The molecule has 44 heavy (non-hydrogen) atoms. The maximum absolute atomic E-state index is 14.1. The van der Waals surface area contributed by atoms with Crippen molar-refractivity contribution in [3.05, 3.63) is 117 Å². The molecule has 1 atom stereocenters. The minimum Gasteiger partial charge on any atom is -0.493 e. The molecular weight excluding hydrogens is 691 g/mol. The summed E-state index contributed by atoms with van der Waals surface area (Å²) in [6.45, 7) is 3.93. The molecule has 4 aromatic rings. The number of methoxy groups -OCH3 is 2. The molecule has 0 bridgehead atoms. The van der Waals surface area contributed by atoms with Crippen LogP contribution in [0.2, 0.25) is 10.0 Å². The number of esters is 1. The third kappa shape index (κ3) is 6.44.